The number of benzene rings is 2. The summed E-state index contributed by atoms with van der Waals surface area (Å²) in [5.74, 6) is -0.0737. The monoisotopic (exact) mass is 425 g/mol. The van der Waals surface area contributed by atoms with Gasteiger partial charge in [-0.05, 0) is 35.7 Å². The number of carbonyl (C=O) groups is 1. The van der Waals surface area contributed by atoms with Gasteiger partial charge in [0.1, 0.15) is 0 Å². The van der Waals surface area contributed by atoms with Gasteiger partial charge in [0.25, 0.3) is 0 Å². The summed E-state index contributed by atoms with van der Waals surface area (Å²) in [6.45, 7) is 1.49. The Kier molecular flexibility index (Phi) is 6.82. The van der Waals surface area contributed by atoms with Crippen molar-refractivity contribution in [3.05, 3.63) is 70.2 Å². The molecule has 0 radical (unpaired) electrons. The Labute approximate surface area is 173 Å². The number of nitrogens with zero attached hydrogens (tertiary/aromatic N) is 1. The lowest BCUT2D eigenvalue weighted by atomic mass is 10.1. The maximum Gasteiger partial charge on any atom is 0.416 e. The van der Waals surface area contributed by atoms with E-state index in [-0.39, 0.29) is 18.0 Å². The largest absolute Gasteiger partial charge is 0.416 e. The predicted octanol–water partition coefficient (Wildman–Crippen LogP) is 3.84. The normalized spacial score (nSPS) is 20.0. The first-order valence-corrected chi connectivity index (χ1v) is 9.73. The first-order valence-electron chi connectivity index (χ1n) is 9.36. The fraction of sp³-hybridized carbons (Fsp3) is 0.381. The fourth-order valence-electron chi connectivity index (χ4n) is 3.66. The molecule has 1 saturated heterocycles. The number of amides is 1. The van der Waals surface area contributed by atoms with Gasteiger partial charge in [-0.1, -0.05) is 41.9 Å². The first-order chi connectivity index (χ1) is 13.8. The van der Waals surface area contributed by atoms with E-state index >= 15 is 0 Å². The second kappa shape index (κ2) is 9.15. The van der Waals surface area contributed by atoms with Crippen molar-refractivity contribution in [1.82, 2.24) is 15.5 Å². The van der Waals surface area contributed by atoms with Gasteiger partial charge in [0.2, 0.25) is 5.91 Å². The maximum atomic E-state index is 12.9. The molecule has 156 valence electrons. The van der Waals surface area contributed by atoms with Crippen LogP contribution in [-0.2, 0) is 24.1 Å². The van der Waals surface area contributed by atoms with Crippen LogP contribution in [0.3, 0.4) is 0 Å². The molecule has 8 heteroatoms. The highest BCUT2D eigenvalue weighted by molar-refractivity contribution is 6.30. The standard InChI is InChI=1S/C21H23ClF3N3O/c1-26-20(29)19-10-18(13-28(19)12-15-5-3-7-17(22)9-15)27-11-14-4-2-6-16(8-14)21(23,24)25/h2-9,18-19,27H,10-13H2,1H3,(H,26,29)/t18-,19+/m1/s1. The molecule has 29 heavy (non-hydrogen) atoms. The Morgan fingerprint density at radius 3 is 2.59 bits per heavy atom. The molecule has 0 aromatic heterocycles. The van der Waals surface area contributed by atoms with E-state index < -0.39 is 11.7 Å². The minimum Gasteiger partial charge on any atom is -0.358 e. The number of likely N-dealkylation sites (tertiary alicyclic amines) is 1. The Balaban J connectivity index is 1.65. The summed E-state index contributed by atoms with van der Waals surface area (Å²) in [4.78, 5) is 14.4. The molecule has 1 heterocycles. The molecule has 3 rings (SSSR count). The third-order valence-electron chi connectivity index (χ3n) is 5.08. The summed E-state index contributed by atoms with van der Waals surface area (Å²) >= 11 is 6.06. The van der Waals surface area contributed by atoms with Gasteiger partial charge < -0.3 is 10.6 Å². The van der Waals surface area contributed by atoms with E-state index in [0.717, 1.165) is 17.7 Å². The third-order valence-corrected chi connectivity index (χ3v) is 5.31. The summed E-state index contributed by atoms with van der Waals surface area (Å²) < 4.78 is 38.7. The molecule has 2 aromatic rings. The Bertz CT molecular complexity index is 859. The van der Waals surface area contributed by atoms with Crippen LogP contribution in [0.15, 0.2) is 48.5 Å². The van der Waals surface area contributed by atoms with Crippen LogP contribution in [0.5, 0.6) is 0 Å². The van der Waals surface area contributed by atoms with Crippen LogP contribution in [-0.4, -0.2) is 36.5 Å². The third kappa shape index (κ3) is 5.72. The molecule has 0 bridgehead atoms. The minimum absolute atomic E-state index is 0.00831. The molecule has 1 amide bonds. The van der Waals surface area contributed by atoms with E-state index in [1.165, 1.54) is 6.07 Å². The molecule has 1 fully saturated rings. The van der Waals surface area contributed by atoms with Gasteiger partial charge in [0.05, 0.1) is 11.6 Å². The second-order valence-electron chi connectivity index (χ2n) is 7.20. The Hall–Kier alpha value is -2.09. The zero-order valence-corrected chi connectivity index (χ0v) is 16.7. The Morgan fingerprint density at radius 2 is 1.90 bits per heavy atom. The molecule has 1 aliphatic rings. The molecular weight excluding hydrogens is 403 g/mol. The van der Waals surface area contributed by atoms with Gasteiger partial charge in [-0.2, -0.15) is 13.2 Å². The molecule has 1 aliphatic heterocycles. The lowest BCUT2D eigenvalue weighted by Crippen LogP contribution is -2.41. The van der Waals surface area contributed by atoms with Crippen LogP contribution in [0, 0.1) is 0 Å². The van der Waals surface area contributed by atoms with E-state index in [1.807, 2.05) is 18.2 Å². The second-order valence-corrected chi connectivity index (χ2v) is 7.64. The Morgan fingerprint density at radius 1 is 1.17 bits per heavy atom. The van der Waals surface area contributed by atoms with E-state index in [1.54, 1.807) is 19.2 Å². The number of nitrogens with one attached hydrogen (secondary N) is 2. The molecule has 0 saturated carbocycles. The number of carbonyl (C=O) groups excluding carboxylic acids is 1. The zero-order chi connectivity index (χ0) is 21.0. The quantitative estimate of drug-likeness (QED) is 0.739. The number of alkyl halides is 3. The number of hydrogen-bond donors (Lipinski definition) is 2. The highest BCUT2D eigenvalue weighted by Crippen LogP contribution is 2.29. The van der Waals surface area contributed by atoms with Crippen LogP contribution >= 0.6 is 11.6 Å². The van der Waals surface area contributed by atoms with Crippen molar-refractivity contribution < 1.29 is 18.0 Å². The average Bonchev–Trinajstić information content (AvgIpc) is 3.08. The van der Waals surface area contributed by atoms with E-state index in [4.69, 9.17) is 11.6 Å². The highest BCUT2D eigenvalue weighted by atomic mass is 35.5. The van der Waals surface area contributed by atoms with Crippen LogP contribution in [0.4, 0.5) is 13.2 Å². The van der Waals surface area contributed by atoms with Gasteiger partial charge in [-0.25, -0.2) is 0 Å². The topological polar surface area (TPSA) is 44.4 Å². The minimum atomic E-state index is -4.36. The highest BCUT2D eigenvalue weighted by Gasteiger charge is 2.36. The molecule has 4 nitrogen and oxygen atoms in total. The van der Waals surface area contributed by atoms with Gasteiger partial charge >= 0.3 is 6.18 Å². The molecular formula is C21H23ClF3N3O. The van der Waals surface area contributed by atoms with Gasteiger partial charge in [0.15, 0.2) is 0 Å². The predicted molar refractivity (Wildman–Crippen MR) is 106 cm³/mol. The van der Waals surface area contributed by atoms with Gasteiger partial charge in [-0.3, -0.25) is 9.69 Å². The summed E-state index contributed by atoms with van der Waals surface area (Å²) in [5, 5.41) is 6.63. The summed E-state index contributed by atoms with van der Waals surface area (Å²) in [5.41, 5.74) is 0.906. The average molecular weight is 426 g/mol. The smallest absolute Gasteiger partial charge is 0.358 e. The lowest BCUT2D eigenvalue weighted by Gasteiger charge is -2.23. The van der Waals surface area contributed by atoms with Gasteiger partial charge in [0, 0.05) is 37.7 Å². The van der Waals surface area contributed by atoms with Crippen molar-refractivity contribution in [2.24, 2.45) is 0 Å². The first kappa shape index (κ1) is 21.6. The maximum absolute atomic E-state index is 12.9. The molecule has 0 unspecified atom stereocenters. The summed E-state index contributed by atoms with van der Waals surface area (Å²) in [6.07, 6.45) is -3.78. The van der Waals surface area contributed by atoms with E-state index in [9.17, 15) is 18.0 Å². The molecule has 0 aliphatic carbocycles. The molecule has 2 atom stereocenters. The van der Waals surface area contributed by atoms with Crippen molar-refractivity contribution >= 4 is 17.5 Å². The van der Waals surface area contributed by atoms with E-state index in [2.05, 4.69) is 15.5 Å². The fourth-order valence-corrected chi connectivity index (χ4v) is 3.87. The SMILES string of the molecule is CNC(=O)[C@@H]1C[C@@H](NCc2cccc(C(F)(F)F)c2)CN1Cc1cccc(Cl)c1. The van der Waals surface area contributed by atoms with Crippen molar-refractivity contribution in [3.8, 4) is 0 Å². The number of rotatable bonds is 6. The van der Waals surface area contributed by atoms with Crippen LogP contribution in [0.1, 0.15) is 23.1 Å². The molecule has 0 spiro atoms. The van der Waals surface area contributed by atoms with Crippen LogP contribution in [0.25, 0.3) is 0 Å². The van der Waals surface area contributed by atoms with Crippen molar-refractivity contribution in [3.63, 3.8) is 0 Å². The van der Waals surface area contributed by atoms with Crippen molar-refractivity contribution in [2.45, 2.75) is 37.8 Å². The van der Waals surface area contributed by atoms with Crippen molar-refractivity contribution in [1.29, 1.82) is 0 Å². The zero-order valence-electron chi connectivity index (χ0n) is 16.0. The molecule has 2 aromatic carbocycles. The number of hydrogen-bond acceptors (Lipinski definition) is 3. The van der Waals surface area contributed by atoms with Gasteiger partial charge in [-0.15, -0.1) is 0 Å². The van der Waals surface area contributed by atoms with Crippen LogP contribution in [0.2, 0.25) is 5.02 Å². The summed E-state index contributed by atoms with van der Waals surface area (Å²) in [6, 6.07) is 12.5. The lowest BCUT2D eigenvalue weighted by molar-refractivity contribution is -0.137. The van der Waals surface area contributed by atoms with Crippen molar-refractivity contribution in [2.75, 3.05) is 13.6 Å². The number of halogens is 4. The number of likely N-dealkylation sites (N-methyl/N-ethyl adjacent to an activating group) is 1. The summed E-state index contributed by atoms with van der Waals surface area (Å²) in [7, 11) is 1.60. The van der Waals surface area contributed by atoms with Crippen LogP contribution < -0.4 is 10.6 Å². The molecule has 2 N–H and O–H groups in total. The van der Waals surface area contributed by atoms with E-state index in [0.29, 0.717) is 36.6 Å².